The molecule has 0 radical (unpaired) electrons. The van der Waals surface area contributed by atoms with Crippen LogP contribution >= 0.6 is 27.3 Å². The van der Waals surface area contributed by atoms with E-state index in [1.165, 1.54) is 0 Å². The molecule has 1 N–H and O–H groups in total. The Morgan fingerprint density at radius 1 is 1.25 bits per heavy atom. The van der Waals surface area contributed by atoms with Crippen LogP contribution < -0.4 is 14.8 Å². The number of amides is 1. The molecule has 148 valence electrons. The van der Waals surface area contributed by atoms with Gasteiger partial charge in [-0.2, -0.15) is 5.10 Å². The molecule has 0 aliphatic rings. The van der Waals surface area contributed by atoms with E-state index >= 15 is 0 Å². The molecule has 0 bridgehead atoms. The molecular weight excluding hydrogens is 442 g/mol. The highest BCUT2D eigenvalue weighted by Crippen LogP contribution is 2.30. The first-order valence-electron chi connectivity index (χ1n) is 8.99. The molecular formula is C20H22BrN3O3S. The third kappa shape index (κ3) is 5.14. The van der Waals surface area contributed by atoms with Gasteiger partial charge in [-0.1, -0.05) is 13.3 Å². The fraction of sp³-hybridized carbons (Fsp3) is 0.300. The Balaban J connectivity index is 1.68. The third-order valence-electron chi connectivity index (χ3n) is 4.11. The Bertz CT molecular complexity index is 938. The van der Waals surface area contributed by atoms with Crippen molar-refractivity contribution in [1.82, 2.24) is 9.78 Å². The molecule has 1 aromatic carbocycles. The zero-order chi connectivity index (χ0) is 19.9. The first kappa shape index (κ1) is 20.4. The number of thiophene rings is 1. The fourth-order valence-corrected chi connectivity index (χ4v) is 4.02. The summed E-state index contributed by atoms with van der Waals surface area (Å²) in [5.74, 6) is 1.57. The van der Waals surface area contributed by atoms with Gasteiger partial charge >= 0.3 is 0 Å². The molecule has 0 fully saturated rings. The molecule has 0 atom stereocenters. The molecule has 0 saturated carbocycles. The van der Waals surface area contributed by atoms with Gasteiger partial charge in [-0.3, -0.25) is 4.79 Å². The van der Waals surface area contributed by atoms with Gasteiger partial charge in [0.25, 0.3) is 5.91 Å². The van der Waals surface area contributed by atoms with Crippen molar-refractivity contribution in [1.29, 1.82) is 0 Å². The van der Waals surface area contributed by atoms with Crippen molar-refractivity contribution in [3.05, 3.63) is 56.8 Å². The molecule has 8 heteroatoms. The van der Waals surface area contributed by atoms with Crippen LogP contribution in [0.5, 0.6) is 11.5 Å². The Labute approximate surface area is 176 Å². The number of nitrogens with zero attached hydrogens (tertiary/aromatic N) is 2. The highest BCUT2D eigenvalue weighted by atomic mass is 79.9. The summed E-state index contributed by atoms with van der Waals surface area (Å²) in [5.41, 5.74) is 0.492. The van der Waals surface area contributed by atoms with Crippen molar-refractivity contribution in [2.75, 3.05) is 12.4 Å². The molecule has 28 heavy (non-hydrogen) atoms. The lowest BCUT2D eigenvalue weighted by Gasteiger charge is -2.12. The molecule has 3 aromatic rings. The van der Waals surface area contributed by atoms with Crippen LogP contribution in [-0.2, 0) is 13.2 Å². The maximum Gasteiger partial charge on any atom is 0.256 e. The number of unbranched alkanes of at least 4 members (excludes halogenated alkanes) is 1. The van der Waals surface area contributed by atoms with Gasteiger partial charge in [0.15, 0.2) is 11.5 Å². The van der Waals surface area contributed by atoms with Crippen LogP contribution in [0.25, 0.3) is 0 Å². The minimum atomic E-state index is -0.217. The Hall–Kier alpha value is -2.32. The van der Waals surface area contributed by atoms with Gasteiger partial charge in [0.1, 0.15) is 12.4 Å². The summed E-state index contributed by atoms with van der Waals surface area (Å²) in [6, 6.07) is 10.9. The minimum absolute atomic E-state index is 0.217. The first-order chi connectivity index (χ1) is 13.6. The molecule has 6 nitrogen and oxygen atoms in total. The Kier molecular flexibility index (Phi) is 7.11. The standard InChI is InChI=1S/C20H22BrN3O3S/c1-3-4-11-24-19(9-10-22-24)23-20(25)14-5-7-16(17(12-14)26-2)27-13-15-6-8-18(21)28-15/h5-10,12H,3-4,11,13H2,1-2H3,(H,23,25). The number of aryl methyl sites for hydroxylation is 1. The topological polar surface area (TPSA) is 65.4 Å². The van der Waals surface area contributed by atoms with Gasteiger partial charge in [-0.15, -0.1) is 11.3 Å². The van der Waals surface area contributed by atoms with Crippen LogP contribution in [0, 0.1) is 0 Å². The monoisotopic (exact) mass is 463 g/mol. The lowest BCUT2D eigenvalue weighted by Crippen LogP contribution is -2.16. The van der Waals surface area contributed by atoms with E-state index in [-0.39, 0.29) is 5.91 Å². The zero-order valence-corrected chi connectivity index (χ0v) is 18.2. The van der Waals surface area contributed by atoms with Crippen molar-refractivity contribution in [3.8, 4) is 11.5 Å². The van der Waals surface area contributed by atoms with Crippen molar-refractivity contribution < 1.29 is 14.3 Å². The molecule has 0 aliphatic carbocycles. The number of anilines is 1. The highest BCUT2D eigenvalue weighted by molar-refractivity contribution is 9.11. The number of hydrogen-bond acceptors (Lipinski definition) is 5. The molecule has 1 amide bonds. The number of hydrogen-bond donors (Lipinski definition) is 1. The fourth-order valence-electron chi connectivity index (χ4n) is 2.62. The maximum atomic E-state index is 12.6. The summed E-state index contributed by atoms with van der Waals surface area (Å²) in [5, 5.41) is 7.17. The van der Waals surface area contributed by atoms with Crippen LogP contribution in [0.4, 0.5) is 5.82 Å². The molecule has 0 saturated heterocycles. The van der Waals surface area contributed by atoms with E-state index in [1.807, 2.05) is 12.1 Å². The van der Waals surface area contributed by atoms with Gasteiger partial charge in [0.05, 0.1) is 17.1 Å². The second kappa shape index (κ2) is 9.75. The number of rotatable bonds is 9. The summed E-state index contributed by atoms with van der Waals surface area (Å²) < 4.78 is 14.1. The van der Waals surface area contributed by atoms with Gasteiger partial charge in [0.2, 0.25) is 0 Å². The molecule has 3 rings (SSSR count). The maximum absolute atomic E-state index is 12.6. The van der Waals surface area contributed by atoms with Gasteiger partial charge in [0, 0.05) is 23.1 Å². The molecule has 2 heterocycles. The molecule has 0 aliphatic heterocycles. The van der Waals surface area contributed by atoms with Crippen LogP contribution in [0.2, 0.25) is 0 Å². The van der Waals surface area contributed by atoms with Gasteiger partial charge < -0.3 is 14.8 Å². The van der Waals surface area contributed by atoms with Gasteiger partial charge in [-0.05, 0) is 52.7 Å². The van der Waals surface area contributed by atoms with E-state index < -0.39 is 0 Å². The number of aromatic nitrogens is 2. The van der Waals surface area contributed by atoms with E-state index in [0.29, 0.717) is 29.5 Å². The molecule has 0 spiro atoms. The predicted octanol–water partition coefficient (Wildman–Crippen LogP) is 5.35. The van der Waals surface area contributed by atoms with Crippen LogP contribution in [-0.4, -0.2) is 22.8 Å². The van der Waals surface area contributed by atoms with Crippen molar-refractivity contribution in [3.63, 3.8) is 0 Å². The third-order valence-corrected chi connectivity index (χ3v) is 5.70. The van der Waals surface area contributed by atoms with Crippen LogP contribution in [0.15, 0.2) is 46.4 Å². The average Bonchev–Trinajstić information content (AvgIpc) is 3.33. The molecule has 2 aromatic heterocycles. The smallest absolute Gasteiger partial charge is 0.256 e. The SMILES string of the molecule is CCCCn1nccc1NC(=O)c1ccc(OCc2ccc(Br)s2)c(OC)c1. The van der Waals surface area contributed by atoms with E-state index in [2.05, 4.69) is 33.3 Å². The summed E-state index contributed by atoms with van der Waals surface area (Å²) in [4.78, 5) is 13.7. The first-order valence-corrected chi connectivity index (χ1v) is 10.6. The highest BCUT2D eigenvalue weighted by Gasteiger charge is 2.14. The summed E-state index contributed by atoms with van der Waals surface area (Å²) in [7, 11) is 1.56. The van der Waals surface area contributed by atoms with E-state index in [1.54, 1.807) is 53.6 Å². The lowest BCUT2D eigenvalue weighted by atomic mass is 10.2. The Morgan fingerprint density at radius 3 is 2.82 bits per heavy atom. The molecule has 0 unspecified atom stereocenters. The average molecular weight is 464 g/mol. The summed E-state index contributed by atoms with van der Waals surface area (Å²) in [6.45, 7) is 3.33. The summed E-state index contributed by atoms with van der Waals surface area (Å²) in [6.07, 6.45) is 3.76. The second-order valence-corrected chi connectivity index (χ2v) is 8.65. The minimum Gasteiger partial charge on any atom is -0.493 e. The number of ether oxygens (including phenoxy) is 2. The quantitative estimate of drug-likeness (QED) is 0.464. The predicted molar refractivity (Wildman–Crippen MR) is 114 cm³/mol. The Morgan fingerprint density at radius 2 is 2.11 bits per heavy atom. The summed E-state index contributed by atoms with van der Waals surface area (Å²) >= 11 is 5.06. The normalized spacial score (nSPS) is 10.7. The number of nitrogens with one attached hydrogen (secondary N) is 1. The number of methoxy groups -OCH3 is 1. The van der Waals surface area contributed by atoms with E-state index in [4.69, 9.17) is 9.47 Å². The number of carbonyl (C=O) groups is 1. The van der Waals surface area contributed by atoms with Crippen molar-refractivity contribution >= 4 is 39.0 Å². The van der Waals surface area contributed by atoms with Crippen molar-refractivity contribution in [2.45, 2.75) is 32.9 Å². The van der Waals surface area contributed by atoms with Crippen molar-refractivity contribution in [2.24, 2.45) is 0 Å². The zero-order valence-electron chi connectivity index (χ0n) is 15.8. The van der Waals surface area contributed by atoms with Crippen LogP contribution in [0.1, 0.15) is 35.0 Å². The number of carbonyl (C=O) groups excluding carboxylic acids is 1. The second-order valence-electron chi connectivity index (χ2n) is 6.11. The number of benzene rings is 1. The largest absolute Gasteiger partial charge is 0.493 e. The van der Waals surface area contributed by atoms with Crippen LogP contribution in [0.3, 0.4) is 0 Å². The van der Waals surface area contributed by atoms with Gasteiger partial charge in [-0.25, -0.2) is 4.68 Å². The van der Waals surface area contributed by atoms with E-state index in [9.17, 15) is 4.79 Å². The number of halogens is 1. The lowest BCUT2D eigenvalue weighted by molar-refractivity contribution is 0.102. The van der Waals surface area contributed by atoms with E-state index in [0.717, 1.165) is 28.0 Å².